The minimum atomic E-state index is 0.827. The third kappa shape index (κ3) is 4.41. The highest BCUT2D eigenvalue weighted by molar-refractivity contribution is 5.41. The van der Waals surface area contributed by atoms with Gasteiger partial charge in [0.05, 0.1) is 0 Å². The Morgan fingerprint density at radius 2 is 1.92 bits per heavy atom. The van der Waals surface area contributed by atoms with Gasteiger partial charge < -0.3 is 10.2 Å². The van der Waals surface area contributed by atoms with Crippen molar-refractivity contribution in [1.29, 1.82) is 0 Å². The molecule has 1 fully saturated rings. The van der Waals surface area contributed by atoms with Crippen LogP contribution in [0.1, 0.15) is 18.3 Å². The Bertz CT molecular complexity index is 651. The highest BCUT2D eigenvalue weighted by Crippen LogP contribution is 2.13. The maximum atomic E-state index is 4.59. The highest BCUT2D eigenvalue weighted by atomic mass is 15.3. The van der Waals surface area contributed by atoms with Crippen molar-refractivity contribution in [3.63, 3.8) is 0 Å². The van der Waals surface area contributed by atoms with Crippen molar-refractivity contribution in [2.45, 2.75) is 20.3 Å². The molecule has 6 nitrogen and oxygen atoms in total. The van der Waals surface area contributed by atoms with E-state index in [2.05, 4.69) is 49.1 Å². The van der Waals surface area contributed by atoms with E-state index >= 15 is 0 Å². The van der Waals surface area contributed by atoms with Crippen LogP contribution in [0.2, 0.25) is 0 Å². The van der Waals surface area contributed by atoms with Gasteiger partial charge in [-0.25, -0.2) is 4.98 Å². The molecule has 0 radical (unpaired) electrons. The molecule has 3 rings (SSSR count). The number of rotatable bonds is 6. The number of hydrogen-bond donors (Lipinski definition) is 1. The fourth-order valence-electron chi connectivity index (χ4n) is 2.96. The molecule has 6 heteroatoms. The number of anilines is 2. The Kier molecular flexibility index (Phi) is 5.59. The lowest BCUT2D eigenvalue weighted by molar-refractivity contribution is 0.259. The van der Waals surface area contributed by atoms with Crippen LogP contribution in [0.15, 0.2) is 30.5 Å². The summed E-state index contributed by atoms with van der Waals surface area (Å²) in [6.07, 6.45) is 2.84. The Morgan fingerprint density at radius 1 is 1.08 bits per heavy atom. The minimum absolute atomic E-state index is 0.827. The third-order valence-electron chi connectivity index (χ3n) is 4.29. The number of pyridine rings is 1. The Balaban J connectivity index is 1.49. The maximum Gasteiger partial charge on any atom is 0.227 e. The van der Waals surface area contributed by atoms with Gasteiger partial charge in [0.2, 0.25) is 5.95 Å². The van der Waals surface area contributed by atoms with Gasteiger partial charge in [-0.3, -0.25) is 9.88 Å². The zero-order valence-corrected chi connectivity index (χ0v) is 14.6. The number of aryl methyl sites for hydroxylation is 1. The van der Waals surface area contributed by atoms with Crippen LogP contribution in [0.5, 0.6) is 0 Å². The zero-order chi connectivity index (χ0) is 16.8. The summed E-state index contributed by atoms with van der Waals surface area (Å²) in [6, 6.07) is 8.16. The van der Waals surface area contributed by atoms with E-state index < -0.39 is 0 Å². The van der Waals surface area contributed by atoms with Crippen LogP contribution in [-0.2, 0) is 6.42 Å². The molecule has 128 valence electrons. The van der Waals surface area contributed by atoms with Gasteiger partial charge in [0.25, 0.3) is 0 Å². The van der Waals surface area contributed by atoms with Crippen LogP contribution in [0, 0.1) is 6.92 Å². The first-order valence-corrected chi connectivity index (χ1v) is 8.71. The number of aromatic nitrogens is 3. The van der Waals surface area contributed by atoms with Gasteiger partial charge in [0, 0.05) is 63.3 Å². The molecule has 24 heavy (non-hydrogen) atoms. The Labute approximate surface area is 143 Å². The maximum absolute atomic E-state index is 4.59. The van der Waals surface area contributed by atoms with Crippen molar-refractivity contribution in [2.24, 2.45) is 0 Å². The number of nitrogens with one attached hydrogen (secondary N) is 1. The summed E-state index contributed by atoms with van der Waals surface area (Å²) in [5.41, 5.74) is 2.27. The summed E-state index contributed by atoms with van der Waals surface area (Å²) >= 11 is 0. The van der Waals surface area contributed by atoms with Crippen LogP contribution < -0.4 is 10.2 Å². The van der Waals surface area contributed by atoms with Gasteiger partial charge in [0.15, 0.2) is 0 Å². The lowest BCUT2D eigenvalue weighted by atomic mass is 10.2. The first-order valence-electron chi connectivity index (χ1n) is 8.71. The fraction of sp³-hybridized carbons (Fsp3) is 0.500. The minimum Gasteiger partial charge on any atom is -0.370 e. The predicted molar refractivity (Wildman–Crippen MR) is 97.5 cm³/mol. The lowest BCUT2D eigenvalue weighted by Gasteiger charge is -2.34. The van der Waals surface area contributed by atoms with Crippen molar-refractivity contribution in [1.82, 2.24) is 19.9 Å². The van der Waals surface area contributed by atoms with E-state index in [1.54, 1.807) is 0 Å². The second-order valence-corrected chi connectivity index (χ2v) is 6.12. The van der Waals surface area contributed by atoms with Crippen LogP contribution >= 0.6 is 0 Å². The second kappa shape index (κ2) is 8.06. The molecule has 3 heterocycles. The van der Waals surface area contributed by atoms with Gasteiger partial charge in [-0.05, 0) is 32.0 Å². The Morgan fingerprint density at radius 3 is 2.67 bits per heavy atom. The SMILES string of the molecule is CCNc1ccnc(N2CCN(CCc3cccc(C)n3)CC2)n1. The molecule has 1 aliphatic heterocycles. The van der Waals surface area contributed by atoms with Gasteiger partial charge in [-0.15, -0.1) is 0 Å². The standard InChI is InChI=1S/C18H26N6/c1-3-19-17-7-9-20-18(22-17)24-13-11-23(12-14-24)10-8-16-6-4-5-15(2)21-16/h4-7,9H,3,8,10-14H2,1-2H3,(H,19,20,22). The van der Waals surface area contributed by atoms with E-state index in [0.29, 0.717) is 0 Å². The summed E-state index contributed by atoms with van der Waals surface area (Å²) in [4.78, 5) is 18.4. The monoisotopic (exact) mass is 326 g/mol. The van der Waals surface area contributed by atoms with Crippen molar-refractivity contribution in [3.05, 3.63) is 41.9 Å². The third-order valence-corrected chi connectivity index (χ3v) is 4.29. The highest BCUT2D eigenvalue weighted by Gasteiger charge is 2.19. The average molecular weight is 326 g/mol. The van der Waals surface area contributed by atoms with Crippen molar-refractivity contribution < 1.29 is 0 Å². The fourth-order valence-corrected chi connectivity index (χ4v) is 2.96. The van der Waals surface area contributed by atoms with Crippen LogP contribution in [0.3, 0.4) is 0 Å². The molecular formula is C18H26N6. The van der Waals surface area contributed by atoms with Gasteiger partial charge in [-0.1, -0.05) is 6.07 Å². The predicted octanol–water partition coefficient (Wildman–Crippen LogP) is 1.98. The average Bonchev–Trinajstić information content (AvgIpc) is 2.61. The van der Waals surface area contributed by atoms with E-state index in [4.69, 9.17) is 0 Å². The van der Waals surface area contributed by atoms with Crippen LogP contribution in [-0.4, -0.2) is 59.1 Å². The van der Waals surface area contributed by atoms with E-state index in [0.717, 1.165) is 63.1 Å². The largest absolute Gasteiger partial charge is 0.370 e. The molecule has 0 amide bonds. The summed E-state index contributed by atoms with van der Waals surface area (Å²) in [7, 11) is 0. The van der Waals surface area contributed by atoms with E-state index in [1.807, 2.05) is 25.3 Å². The molecule has 0 saturated carbocycles. The normalized spacial score (nSPS) is 15.5. The molecule has 1 aliphatic rings. The van der Waals surface area contributed by atoms with Crippen molar-refractivity contribution >= 4 is 11.8 Å². The molecule has 0 spiro atoms. The zero-order valence-electron chi connectivity index (χ0n) is 14.6. The van der Waals surface area contributed by atoms with Gasteiger partial charge in [-0.2, -0.15) is 4.98 Å². The van der Waals surface area contributed by atoms with Crippen molar-refractivity contribution in [3.8, 4) is 0 Å². The summed E-state index contributed by atoms with van der Waals surface area (Å²) in [5.74, 6) is 1.73. The lowest BCUT2D eigenvalue weighted by Crippen LogP contribution is -2.47. The topological polar surface area (TPSA) is 57.2 Å². The van der Waals surface area contributed by atoms with Gasteiger partial charge in [0.1, 0.15) is 5.82 Å². The van der Waals surface area contributed by atoms with E-state index in [1.165, 1.54) is 5.69 Å². The molecule has 0 atom stereocenters. The first kappa shape index (κ1) is 16.6. The quantitative estimate of drug-likeness (QED) is 0.876. The molecule has 0 aliphatic carbocycles. The Hall–Kier alpha value is -2.21. The summed E-state index contributed by atoms with van der Waals surface area (Å²) in [6.45, 7) is 10.1. The van der Waals surface area contributed by atoms with Crippen molar-refractivity contribution in [2.75, 3.05) is 49.5 Å². The summed E-state index contributed by atoms with van der Waals surface area (Å²) in [5, 5.41) is 3.24. The number of hydrogen-bond acceptors (Lipinski definition) is 6. The molecule has 2 aromatic rings. The first-order chi connectivity index (χ1) is 11.7. The smallest absolute Gasteiger partial charge is 0.227 e. The van der Waals surface area contributed by atoms with Gasteiger partial charge >= 0.3 is 0 Å². The molecule has 0 bridgehead atoms. The summed E-state index contributed by atoms with van der Waals surface area (Å²) < 4.78 is 0. The van der Waals surface area contributed by atoms with E-state index in [-0.39, 0.29) is 0 Å². The number of nitrogens with zero attached hydrogens (tertiary/aromatic N) is 5. The molecule has 0 aromatic carbocycles. The molecule has 2 aromatic heterocycles. The number of piperazine rings is 1. The molecule has 1 saturated heterocycles. The molecule has 1 N–H and O–H groups in total. The van der Waals surface area contributed by atoms with Crippen LogP contribution in [0.25, 0.3) is 0 Å². The molecule has 0 unspecified atom stereocenters. The second-order valence-electron chi connectivity index (χ2n) is 6.12. The van der Waals surface area contributed by atoms with E-state index in [9.17, 15) is 0 Å². The van der Waals surface area contributed by atoms with Crippen LogP contribution in [0.4, 0.5) is 11.8 Å². The molecular weight excluding hydrogens is 300 g/mol.